The van der Waals surface area contributed by atoms with Gasteiger partial charge in [0.15, 0.2) is 0 Å². The number of nitrogen functional groups attached to an aromatic ring is 1. The van der Waals surface area contributed by atoms with Crippen LogP contribution in [0.1, 0.15) is 23.2 Å². The maximum atomic E-state index is 12.6. The molecule has 2 N–H and O–H groups in total. The molecule has 5 nitrogen and oxygen atoms in total. The first-order valence-electron chi connectivity index (χ1n) is 6.92. The van der Waals surface area contributed by atoms with Crippen molar-refractivity contribution in [3.63, 3.8) is 0 Å². The van der Waals surface area contributed by atoms with E-state index < -0.39 is 0 Å². The zero-order valence-corrected chi connectivity index (χ0v) is 12.4. The van der Waals surface area contributed by atoms with E-state index in [4.69, 9.17) is 10.5 Å². The highest BCUT2D eigenvalue weighted by atomic mass is 16.5. The van der Waals surface area contributed by atoms with E-state index in [1.54, 1.807) is 25.3 Å². The molecule has 0 aromatic heterocycles. The van der Waals surface area contributed by atoms with Gasteiger partial charge in [-0.2, -0.15) is 0 Å². The van der Waals surface area contributed by atoms with E-state index in [2.05, 4.69) is 19.0 Å². The van der Waals surface area contributed by atoms with Crippen molar-refractivity contribution >= 4 is 11.6 Å². The number of carbonyl (C=O) groups is 1. The normalized spacial score (nSPS) is 19.2. The van der Waals surface area contributed by atoms with Crippen LogP contribution in [0.2, 0.25) is 0 Å². The monoisotopic (exact) mass is 277 g/mol. The van der Waals surface area contributed by atoms with E-state index >= 15 is 0 Å². The fourth-order valence-corrected chi connectivity index (χ4v) is 2.59. The predicted octanol–water partition coefficient (Wildman–Crippen LogP) is 1.44. The Hall–Kier alpha value is -1.75. The fourth-order valence-electron chi connectivity index (χ4n) is 2.59. The number of hydrogen-bond donors (Lipinski definition) is 1. The number of hydrogen-bond acceptors (Lipinski definition) is 4. The minimum atomic E-state index is 0.0508. The Bertz CT molecular complexity index is 488. The Balaban J connectivity index is 2.14. The molecular weight excluding hydrogens is 254 g/mol. The Kier molecular flexibility index (Phi) is 4.49. The lowest BCUT2D eigenvalue weighted by molar-refractivity contribution is 0.0635. The second-order valence-electron chi connectivity index (χ2n) is 5.47. The number of amides is 1. The highest BCUT2D eigenvalue weighted by molar-refractivity contribution is 5.95. The second-order valence-corrected chi connectivity index (χ2v) is 5.47. The molecule has 1 unspecified atom stereocenters. The van der Waals surface area contributed by atoms with Gasteiger partial charge in [0.25, 0.3) is 5.91 Å². The summed E-state index contributed by atoms with van der Waals surface area (Å²) < 4.78 is 5.18. The fraction of sp³-hybridized carbons (Fsp3) is 0.533. The molecule has 5 heteroatoms. The van der Waals surface area contributed by atoms with Crippen LogP contribution in [-0.4, -0.2) is 56.0 Å². The summed E-state index contributed by atoms with van der Waals surface area (Å²) in [6.07, 6.45) is 2.18. The Labute approximate surface area is 120 Å². The summed E-state index contributed by atoms with van der Waals surface area (Å²) in [5, 5.41) is 0. The molecule has 0 aliphatic carbocycles. The summed E-state index contributed by atoms with van der Waals surface area (Å²) in [4.78, 5) is 16.7. The highest BCUT2D eigenvalue weighted by Gasteiger charge is 2.25. The number of likely N-dealkylation sites (tertiary alicyclic amines) is 1. The van der Waals surface area contributed by atoms with E-state index in [1.165, 1.54) is 0 Å². The van der Waals surface area contributed by atoms with Crippen molar-refractivity contribution in [1.29, 1.82) is 0 Å². The lowest BCUT2D eigenvalue weighted by Crippen LogP contribution is -2.47. The minimum absolute atomic E-state index is 0.0508. The molecule has 1 heterocycles. The van der Waals surface area contributed by atoms with Crippen molar-refractivity contribution < 1.29 is 9.53 Å². The van der Waals surface area contributed by atoms with Crippen LogP contribution in [0.25, 0.3) is 0 Å². The average molecular weight is 277 g/mol. The van der Waals surface area contributed by atoms with Crippen molar-refractivity contribution in [2.75, 3.05) is 40.0 Å². The molecule has 20 heavy (non-hydrogen) atoms. The molecule has 0 radical (unpaired) electrons. The third kappa shape index (κ3) is 3.04. The second kappa shape index (κ2) is 6.13. The number of likely N-dealkylation sites (N-methyl/N-ethyl adjacent to an activating group) is 1. The summed E-state index contributed by atoms with van der Waals surface area (Å²) in [5.41, 5.74) is 6.97. The van der Waals surface area contributed by atoms with Gasteiger partial charge in [0.05, 0.1) is 12.8 Å². The van der Waals surface area contributed by atoms with Gasteiger partial charge < -0.3 is 20.3 Å². The average Bonchev–Trinajstić information content (AvgIpc) is 2.47. The van der Waals surface area contributed by atoms with Crippen LogP contribution >= 0.6 is 0 Å². The van der Waals surface area contributed by atoms with Gasteiger partial charge in [0, 0.05) is 24.7 Å². The van der Waals surface area contributed by atoms with Crippen LogP contribution in [0.3, 0.4) is 0 Å². The van der Waals surface area contributed by atoms with E-state index in [0.29, 0.717) is 23.0 Å². The summed E-state index contributed by atoms with van der Waals surface area (Å²) >= 11 is 0. The van der Waals surface area contributed by atoms with Crippen molar-refractivity contribution in [2.24, 2.45) is 0 Å². The van der Waals surface area contributed by atoms with E-state index in [0.717, 1.165) is 25.9 Å². The molecule has 0 spiro atoms. The van der Waals surface area contributed by atoms with E-state index in [9.17, 15) is 4.79 Å². The lowest BCUT2D eigenvalue weighted by Gasteiger charge is -2.36. The molecule has 2 rings (SSSR count). The lowest BCUT2D eigenvalue weighted by atomic mass is 10.0. The van der Waals surface area contributed by atoms with Gasteiger partial charge >= 0.3 is 0 Å². The predicted molar refractivity (Wildman–Crippen MR) is 80.0 cm³/mol. The third-order valence-corrected chi connectivity index (χ3v) is 3.89. The van der Waals surface area contributed by atoms with Gasteiger partial charge in [-0.05, 0) is 45.1 Å². The number of benzene rings is 1. The summed E-state index contributed by atoms with van der Waals surface area (Å²) in [6, 6.07) is 5.64. The molecule has 1 atom stereocenters. The van der Waals surface area contributed by atoms with Crippen LogP contribution in [0, 0.1) is 0 Å². The van der Waals surface area contributed by atoms with Gasteiger partial charge in [-0.25, -0.2) is 0 Å². The number of carbonyl (C=O) groups excluding carboxylic acids is 1. The number of piperidine rings is 1. The van der Waals surface area contributed by atoms with Crippen molar-refractivity contribution in [2.45, 2.75) is 18.9 Å². The number of ether oxygens (including phenoxy) is 1. The molecule has 1 amide bonds. The van der Waals surface area contributed by atoms with Crippen LogP contribution in [-0.2, 0) is 0 Å². The molecule has 1 aromatic rings. The Morgan fingerprint density at radius 1 is 1.45 bits per heavy atom. The minimum Gasteiger partial charge on any atom is -0.495 e. The van der Waals surface area contributed by atoms with Crippen LogP contribution in [0.4, 0.5) is 5.69 Å². The van der Waals surface area contributed by atoms with Crippen LogP contribution in [0.5, 0.6) is 5.75 Å². The topological polar surface area (TPSA) is 58.8 Å². The largest absolute Gasteiger partial charge is 0.495 e. The molecule has 1 aliphatic heterocycles. The summed E-state index contributed by atoms with van der Waals surface area (Å²) in [5.74, 6) is 0.604. The molecule has 1 aromatic carbocycles. The van der Waals surface area contributed by atoms with Gasteiger partial charge in [-0.3, -0.25) is 4.79 Å². The van der Waals surface area contributed by atoms with Crippen molar-refractivity contribution in [3.05, 3.63) is 23.8 Å². The van der Waals surface area contributed by atoms with Gasteiger partial charge in [0.2, 0.25) is 0 Å². The van der Waals surface area contributed by atoms with E-state index in [-0.39, 0.29) is 5.91 Å². The summed E-state index contributed by atoms with van der Waals surface area (Å²) in [6.45, 7) is 1.59. The van der Waals surface area contributed by atoms with Crippen molar-refractivity contribution in [3.8, 4) is 5.75 Å². The van der Waals surface area contributed by atoms with Crippen LogP contribution in [0.15, 0.2) is 18.2 Å². The molecule has 0 saturated carbocycles. The first-order valence-corrected chi connectivity index (χ1v) is 6.92. The standard InChI is InChI=1S/C15H23N3O2/c1-17(2)12-5-4-8-18(10-12)15(19)11-6-7-13(16)14(9-11)20-3/h6-7,9,12H,4-5,8,10,16H2,1-3H3. The maximum absolute atomic E-state index is 12.6. The number of nitrogens with two attached hydrogens (primary N) is 1. The molecular formula is C15H23N3O2. The molecule has 1 fully saturated rings. The van der Waals surface area contributed by atoms with Crippen molar-refractivity contribution in [1.82, 2.24) is 9.80 Å². The SMILES string of the molecule is COc1cc(C(=O)N2CCCC(N(C)C)C2)ccc1N. The first kappa shape index (κ1) is 14.7. The van der Waals surface area contributed by atoms with Gasteiger partial charge in [0.1, 0.15) is 5.75 Å². The third-order valence-electron chi connectivity index (χ3n) is 3.89. The van der Waals surface area contributed by atoms with E-state index in [1.807, 2.05) is 4.90 Å². The first-order chi connectivity index (χ1) is 9.52. The zero-order valence-electron chi connectivity index (χ0n) is 12.4. The number of nitrogens with zero attached hydrogens (tertiary/aromatic N) is 2. The number of methoxy groups -OCH3 is 1. The Morgan fingerprint density at radius 3 is 2.85 bits per heavy atom. The van der Waals surface area contributed by atoms with Gasteiger partial charge in [-0.1, -0.05) is 0 Å². The van der Waals surface area contributed by atoms with Gasteiger partial charge in [-0.15, -0.1) is 0 Å². The molecule has 1 saturated heterocycles. The number of rotatable bonds is 3. The van der Waals surface area contributed by atoms with Crippen LogP contribution < -0.4 is 10.5 Å². The highest BCUT2D eigenvalue weighted by Crippen LogP contribution is 2.24. The molecule has 0 bridgehead atoms. The summed E-state index contributed by atoms with van der Waals surface area (Å²) in [7, 11) is 5.68. The maximum Gasteiger partial charge on any atom is 0.254 e. The zero-order chi connectivity index (χ0) is 14.7. The quantitative estimate of drug-likeness (QED) is 0.849. The molecule has 1 aliphatic rings. The molecule has 110 valence electrons. The Morgan fingerprint density at radius 2 is 2.20 bits per heavy atom. The number of anilines is 1. The smallest absolute Gasteiger partial charge is 0.254 e.